The second kappa shape index (κ2) is 24.3. The molecule has 2 aromatic heterocycles. The highest BCUT2D eigenvalue weighted by atomic mass is 35.5. The van der Waals surface area contributed by atoms with E-state index >= 15 is 0 Å². The first kappa shape index (κ1) is 51.9. The number of ketones is 1. The number of nitrogens with one attached hydrogen (secondary N) is 1. The Morgan fingerprint density at radius 1 is 0.603 bits per heavy atom. The topological polar surface area (TPSA) is 190 Å². The van der Waals surface area contributed by atoms with E-state index in [9.17, 15) is 19.2 Å². The monoisotopic (exact) mass is 879 g/mol. The summed E-state index contributed by atoms with van der Waals surface area (Å²) in [5, 5.41) is 13.8. The number of urea groups is 1. The first-order chi connectivity index (χ1) is 29.3. The molecule has 334 valence electrons. The van der Waals surface area contributed by atoms with Gasteiger partial charge in [0, 0.05) is 58.9 Å². The maximum Gasteiger partial charge on any atom is 0.337 e. The molecule has 0 aliphatic heterocycles. The van der Waals surface area contributed by atoms with Crippen molar-refractivity contribution in [1.29, 1.82) is 0 Å². The summed E-state index contributed by atoms with van der Waals surface area (Å²) >= 11 is 5.88. The number of aryl methyl sites for hydroxylation is 6. The number of carboxylic acids is 1. The Morgan fingerprint density at radius 2 is 1.08 bits per heavy atom. The number of nitrogens with zero attached hydrogens (tertiary/aromatic N) is 2. The summed E-state index contributed by atoms with van der Waals surface area (Å²) in [4.78, 5) is 43.7. The largest absolute Gasteiger partial charge is 0.497 e. The van der Waals surface area contributed by atoms with Gasteiger partial charge in [-0.05, 0) is 107 Å². The minimum absolute atomic E-state index is 0. The molecule has 0 saturated carbocycles. The number of carbonyl (C=O) groups is 4. The van der Waals surface area contributed by atoms with E-state index in [1.165, 1.54) is 19.8 Å². The number of methoxy groups -OCH3 is 3. The lowest BCUT2D eigenvalue weighted by atomic mass is 10.1. The molecule has 14 heteroatoms. The predicted octanol–water partition coefficient (Wildman–Crippen LogP) is 10.5. The van der Waals surface area contributed by atoms with Crippen LogP contribution in [0.1, 0.15) is 67.7 Å². The van der Waals surface area contributed by atoms with Crippen molar-refractivity contribution in [3.8, 4) is 17.2 Å². The van der Waals surface area contributed by atoms with Crippen molar-refractivity contribution < 1.29 is 38.5 Å². The molecule has 0 saturated heterocycles. The van der Waals surface area contributed by atoms with Crippen LogP contribution in [0, 0.1) is 27.7 Å². The van der Waals surface area contributed by atoms with Crippen LogP contribution < -0.4 is 31.0 Å². The number of hydrogen-bond donors (Lipinski definition) is 4. The molecule has 7 rings (SSSR count). The zero-order valence-corrected chi connectivity index (χ0v) is 37.4. The van der Waals surface area contributed by atoms with Gasteiger partial charge in [0.2, 0.25) is 0 Å². The Hall–Kier alpha value is -7.25. The van der Waals surface area contributed by atoms with Crippen LogP contribution in [-0.4, -0.2) is 59.3 Å². The van der Waals surface area contributed by atoms with Gasteiger partial charge in [-0.15, -0.1) is 0 Å². The van der Waals surface area contributed by atoms with Gasteiger partial charge in [-0.3, -0.25) is 9.59 Å². The van der Waals surface area contributed by atoms with Crippen molar-refractivity contribution in [1.82, 2.24) is 9.13 Å². The second-order valence-electron chi connectivity index (χ2n) is 14.1. The van der Waals surface area contributed by atoms with Gasteiger partial charge in [-0.25, -0.2) is 9.59 Å². The number of anilines is 1. The predicted molar refractivity (Wildman–Crippen MR) is 254 cm³/mol. The number of carbonyl (C=O) groups excluding carboxylic acids is 3. The summed E-state index contributed by atoms with van der Waals surface area (Å²) in [6, 6.07) is 29.5. The van der Waals surface area contributed by atoms with Crippen molar-refractivity contribution in [2.24, 2.45) is 25.6 Å². The van der Waals surface area contributed by atoms with Crippen molar-refractivity contribution in [3.63, 3.8) is 0 Å². The average Bonchev–Trinajstić information content (AvgIpc) is 3.74. The lowest BCUT2D eigenvalue weighted by molar-refractivity contribution is 0.0698. The number of primary amides is 2. The van der Waals surface area contributed by atoms with Gasteiger partial charge in [0.15, 0.2) is 5.78 Å². The fraction of sp³-hybridized carbons (Fsp3) is 0.224. The lowest BCUT2D eigenvalue weighted by Crippen LogP contribution is -2.19. The molecule has 0 fully saturated rings. The van der Waals surface area contributed by atoms with Crippen LogP contribution in [0.5, 0.6) is 17.2 Å². The molecule has 0 spiro atoms. The Bertz CT molecular complexity index is 2570. The number of aromatic nitrogens is 2. The van der Waals surface area contributed by atoms with Crippen LogP contribution in [0.3, 0.4) is 0 Å². The van der Waals surface area contributed by atoms with E-state index in [2.05, 4.69) is 12.2 Å². The fourth-order valence-electron chi connectivity index (χ4n) is 6.06. The number of amides is 3. The van der Waals surface area contributed by atoms with Crippen molar-refractivity contribution in [3.05, 3.63) is 153 Å². The van der Waals surface area contributed by atoms with Crippen LogP contribution in [0.4, 0.5) is 10.5 Å². The molecule has 0 atom stereocenters. The van der Waals surface area contributed by atoms with Crippen LogP contribution in [0.15, 0.2) is 109 Å². The molecule has 0 aliphatic rings. The van der Waals surface area contributed by atoms with E-state index in [4.69, 9.17) is 42.4 Å². The summed E-state index contributed by atoms with van der Waals surface area (Å²) in [5.74, 6) is 0.771. The number of benzene rings is 5. The van der Waals surface area contributed by atoms with Gasteiger partial charge in [0.05, 0.1) is 38.1 Å². The van der Waals surface area contributed by atoms with E-state index in [0.29, 0.717) is 33.3 Å². The van der Waals surface area contributed by atoms with Gasteiger partial charge in [-0.1, -0.05) is 66.0 Å². The number of nitrogens with two attached hydrogens (primary N) is 2. The standard InChI is InChI=1S/C11H10ClNO.C11H11NO2.C9H12N2O2.C9H11NO2.C8H10O.CH4/c1-7(14)10-6-13(2)11-4-3-8(12)5-9(10)11;1-7-3-4-10-8(5-7)9(11(13)14)6-12(10)2;1-6-3-4-8(13-2)7(5-6)11-9(10)12;1-6-3-4-8(12-2)7(5-6)9(10)11;1-7-3-5-8(9-2)6-4-7;/h3-6H,1-2H3;3-6H,1-2H3,(H,13,14);3-5H,1-2H3,(H3,10,11,12);3-5H,1-2H3,(H2,10,11);3-6H,1-2H3;1H4. The minimum atomic E-state index is -0.874. The summed E-state index contributed by atoms with van der Waals surface area (Å²) in [7, 11) is 8.49. The molecule has 6 N–H and O–H groups in total. The maximum atomic E-state index is 11.3. The number of rotatable bonds is 7. The molecule has 63 heavy (non-hydrogen) atoms. The molecule has 5 aromatic carbocycles. The Morgan fingerprint density at radius 3 is 1.59 bits per heavy atom. The highest BCUT2D eigenvalue weighted by Gasteiger charge is 2.13. The summed E-state index contributed by atoms with van der Waals surface area (Å²) in [5.41, 5.74) is 18.6. The van der Waals surface area contributed by atoms with Crippen molar-refractivity contribution >= 4 is 62.8 Å². The Kier molecular flexibility index (Phi) is 20.0. The first-order valence-corrected chi connectivity index (χ1v) is 19.5. The molecule has 3 amide bonds. The van der Waals surface area contributed by atoms with Gasteiger partial charge >= 0.3 is 12.0 Å². The third kappa shape index (κ3) is 15.0. The Labute approximate surface area is 374 Å². The number of aromatic carboxylic acids is 1. The maximum absolute atomic E-state index is 11.3. The summed E-state index contributed by atoms with van der Waals surface area (Å²) < 4.78 is 18.7. The van der Waals surface area contributed by atoms with Gasteiger partial charge in [-0.2, -0.15) is 0 Å². The number of carboxylic acid groups (broad SMARTS) is 1. The number of ether oxygens (including phenoxy) is 3. The van der Waals surface area contributed by atoms with E-state index in [1.807, 2.05) is 123 Å². The molecule has 7 aromatic rings. The molecule has 0 aliphatic carbocycles. The number of hydrogen-bond acceptors (Lipinski definition) is 7. The fourth-order valence-corrected chi connectivity index (χ4v) is 6.23. The van der Waals surface area contributed by atoms with E-state index in [1.54, 1.807) is 44.5 Å². The van der Waals surface area contributed by atoms with Crippen LogP contribution in [-0.2, 0) is 14.1 Å². The number of fused-ring (bicyclic) bond motifs is 2. The van der Waals surface area contributed by atoms with Gasteiger partial charge < -0.3 is 45.2 Å². The molecule has 0 radical (unpaired) electrons. The van der Waals surface area contributed by atoms with E-state index in [-0.39, 0.29) is 13.2 Å². The second-order valence-corrected chi connectivity index (χ2v) is 14.6. The highest BCUT2D eigenvalue weighted by Crippen LogP contribution is 2.26. The van der Waals surface area contributed by atoms with E-state index < -0.39 is 17.9 Å². The van der Waals surface area contributed by atoms with Crippen molar-refractivity contribution in [2.75, 3.05) is 26.6 Å². The van der Waals surface area contributed by atoms with Crippen molar-refractivity contribution in [2.45, 2.75) is 42.0 Å². The molecule has 0 bridgehead atoms. The number of Topliss-reactive ketones (excluding diaryl/α,β-unsaturated/α-hetero) is 1. The van der Waals surface area contributed by atoms with Gasteiger partial charge in [0.1, 0.15) is 17.2 Å². The third-order valence-corrected chi connectivity index (χ3v) is 9.43. The molecular weight excluding hydrogens is 822 g/mol. The third-order valence-electron chi connectivity index (χ3n) is 9.20. The first-order valence-electron chi connectivity index (χ1n) is 19.1. The normalized spacial score (nSPS) is 9.83. The minimum Gasteiger partial charge on any atom is -0.497 e. The summed E-state index contributed by atoms with van der Waals surface area (Å²) in [6.07, 6.45) is 3.48. The molecule has 0 unspecified atom stereocenters. The van der Waals surface area contributed by atoms with Crippen LogP contribution in [0.2, 0.25) is 5.02 Å². The smallest absolute Gasteiger partial charge is 0.337 e. The zero-order valence-electron chi connectivity index (χ0n) is 36.6. The molecule has 13 nitrogen and oxygen atoms in total. The quantitative estimate of drug-likeness (QED) is 0.114. The van der Waals surface area contributed by atoms with E-state index in [0.717, 1.165) is 49.8 Å². The number of halogens is 1. The highest BCUT2D eigenvalue weighted by molar-refractivity contribution is 6.31. The lowest BCUT2D eigenvalue weighted by Gasteiger charge is -2.08. The van der Waals surface area contributed by atoms with Gasteiger partial charge in [0.25, 0.3) is 5.91 Å². The Balaban J connectivity index is 0.000000272. The van der Waals surface area contributed by atoms with Crippen LogP contribution >= 0.6 is 11.6 Å². The van der Waals surface area contributed by atoms with Crippen LogP contribution in [0.25, 0.3) is 21.8 Å². The summed E-state index contributed by atoms with van der Waals surface area (Å²) in [6.45, 7) is 9.39. The SMILES string of the molecule is C.CC(=O)c1cn(C)c2ccc(Cl)cc12.COc1ccc(C)cc1.COc1ccc(C)cc1C(N)=O.COc1ccc(C)cc1NC(N)=O.Cc1ccc2c(c1)c(C(=O)O)cn2C. The molecular formula is C49H58ClN5O8. The average molecular weight is 880 g/mol. The zero-order chi connectivity index (χ0) is 46.3. The molecule has 2 heterocycles.